The fraction of sp³-hybridized carbons (Fsp3) is 0.133. The highest BCUT2D eigenvalue weighted by Gasteiger charge is 2.23. The van der Waals surface area contributed by atoms with Crippen LogP contribution in [-0.2, 0) is 0 Å². The van der Waals surface area contributed by atoms with E-state index in [9.17, 15) is 14.7 Å². The Kier molecular flexibility index (Phi) is 3.89. The number of carboxylic acids is 1. The Morgan fingerprint density at radius 1 is 1.38 bits per heavy atom. The molecule has 21 heavy (non-hydrogen) atoms. The number of aromatic carboxylic acids is 1. The highest BCUT2D eigenvalue weighted by atomic mass is 16.4. The van der Waals surface area contributed by atoms with Gasteiger partial charge >= 0.3 is 5.97 Å². The van der Waals surface area contributed by atoms with Gasteiger partial charge in [0.1, 0.15) is 5.56 Å². The number of aryl methyl sites for hydroxylation is 1. The monoisotopic (exact) mass is 286 g/mol. The Hall–Kier alpha value is -2.89. The maximum atomic E-state index is 11.6. The second kappa shape index (κ2) is 5.62. The predicted octanol–water partition coefficient (Wildman–Crippen LogP) is 2.10. The third-order valence-corrected chi connectivity index (χ3v) is 2.88. The number of carbonyl (C=O) groups excluding carboxylic acids is 1. The summed E-state index contributed by atoms with van der Waals surface area (Å²) < 4.78 is 5.35. The van der Waals surface area contributed by atoms with Crippen molar-refractivity contribution in [2.45, 2.75) is 6.92 Å². The van der Waals surface area contributed by atoms with E-state index in [0.29, 0.717) is 11.3 Å². The van der Waals surface area contributed by atoms with Crippen LogP contribution in [0, 0.1) is 6.92 Å². The molecule has 0 unspecified atom stereocenters. The van der Waals surface area contributed by atoms with E-state index in [-0.39, 0.29) is 17.1 Å². The van der Waals surface area contributed by atoms with Gasteiger partial charge in [-0.15, -0.1) is 0 Å². The molecule has 0 aliphatic heterocycles. The van der Waals surface area contributed by atoms with Crippen LogP contribution in [0.5, 0.6) is 0 Å². The van der Waals surface area contributed by atoms with Gasteiger partial charge in [-0.25, -0.2) is 4.79 Å². The number of carbonyl (C=O) groups is 2. The van der Waals surface area contributed by atoms with Crippen molar-refractivity contribution in [3.8, 4) is 0 Å². The summed E-state index contributed by atoms with van der Waals surface area (Å²) >= 11 is 0. The summed E-state index contributed by atoms with van der Waals surface area (Å²) in [7, 11) is 1.43. The minimum atomic E-state index is -1.20. The summed E-state index contributed by atoms with van der Waals surface area (Å²) in [6, 6.07) is 6.47. The number of carboxylic acid groups (broad SMARTS) is 1. The van der Waals surface area contributed by atoms with Gasteiger partial charge in [-0.3, -0.25) is 9.78 Å². The molecule has 2 aromatic rings. The first-order valence-corrected chi connectivity index (χ1v) is 6.16. The number of aromatic nitrogens is 1. The molecular formula is C15H14N2O4. The average Bonchev–Trinajstić information content (AvgIpc) is 2.91. The van der Waals surface area contributed by atoms with Gasteiger partial charge in [-0.05, 0) is 19.1 Å². The normalized spacial score (nSPS) is 10.2. The second-order valence-corrected chi connectivity index (χ2v) is 4.38. The Morgan fingerprint density at radius 2 is 2.10 bits per heavy atom. The van der Waals surface area contributed by atoms with Crippen LogP contribution in [0.1, 0.15) is 38.1 Å². The number of rotatable bonds is 4. The Morgan fingerprint density at radius 3 is 2.67 bits per heavy atom. The topological polar surface area (TPSA) is 92.4 Å². The molecule has 6 heteroatoms. The van der Waals surface area contributed by atoms with E-state index < -0.39 is 11.9 Å². The SMILES string of the molecule is C=C(c1cccc(C)n1)c1oc(C(=O)NC)cc1C(=O)O. The van der Waals surface area contributed by atoms with Gasteiger partial charge in [0.05, 0.1) is 5.69 Å². The van der Waals surface area contributed by atoms with Crippen molar-refractivity contribution in [3.63, 3.8) is 0 Å². The van der Waals surface area contributed by atoms with Crippen molar-refractivity contribution in [1.82, 2.24) is 10.3 Å². The lowest BCUT2D eigenvalue weighted by molar-refractivity contribution is 0.0695. The molecule has 0 bridgehead atoms. The second-order valence-electron chi connectivity index (χ2n) is 4.38. The summed E-state index contributed by atoms with van der Waals surface area (Å²) in [6.45, 7) is 5.64. The molecule has 1 amide bonds. The van der Waals surface area contributed by atoms with Gasteiger partial charge in [0, 0.05) is 24.4 Å². The van der Waals surface area contributed by atoms with Crippen molar-refractivity contribution in [2.75, 3.05) is 7.05 Å². The lowest BCUT2D eigenvalue weighted by Crippen LogP contribution is -2.16. The van der Waals surface area contributed by atoms with Gasteiger partial charge in [0.2, 0.25) is 0 Å². The van der Waals surface area contributed by atoms with E-state index in [1.165, 1.54) is 13.1 Å². The zero-order valence-electron chi connectivity index (χ0n) is 11.6. The lowest BCUT2D eigenvalue weighted by atomic mass is 10.1. The van der Waals surface area contributed by atoms with Crippen LogP contribution < -0.4 is 5.32 Å². The fourth-order valence-electron chi connectivity index (χ4n) is 1.84. The quantitative estimate of drug-likeness (QED) is 0.898. The lowest BCUT2D eigenvalue weighted by Gasteiger charge is -2.04. The van der Waals surface area contributed by atoms with Crippen LogP contribution in [0.2, 0.25) is 0 Å². The van der Waals surface area contributed by atoms with E-state index in [0.717, 1.165) is 5.69 Å². The largest absolute Gasteiger partial charge is 0.478 e. The molecule has 0 aliphatic rings. The molecule has 0 aromatic carbocycles. The molecule has 0 radical (unpaired) electrons. The highest BCUT2D eigenvalue weighted by Crippen LogP contribution is 2.27. The smallest absolute Gasteiger partial charge is 0.339 e. The third-order valence-electron chi connectivity index (χ3n) is 2.88. The minimum absolute atomic E-state index is 0.0270. The highest BCUT2D eigenvalue weighted by molar-refractivity contribution is 5.99. The number of hydrogen-bond acceptors (Lipinski definition) is 4. The number of hydrogen-bond donors (Lipinski definition) is 2. The number of furan rings is 1. The molecule has 0 spiro atoms. The molecule has 0 aliphatic carbocycles. The van der Waals surface area contributed by atoms with Crippen molar-refractivity contribution < 1.29 is 19.1 Å². The van der Waals surface area contributed by atoms with E-state index in [1.54, 1.807) is 12.1 Å². The van der Waals surface area contributed by atoms with Gasteiger partial charge in [-0.2, -0.15) is 0 Å². The molecule has 2 heterocycles. The van der Waals surface area contributed by atoms with Gasteiger partial charge in [0.25, 0.3) is 5.91 Å². The van der Waals surface area contributed by atoms with Crippen LogP contribution in [-0.4, -0.2) is 29.0 Å². The Balaban J connectivity index is 2.51. The molecule has 0 fully saturated rings. The molecule has 0 saturated heterocycles. The molecule has 2 aromatic heterocycles. The van der Waals surface area contributed by atoms with Gasteiger partial charge < -0.3 is 14.8 Å². The van der Waals surface area contributed by atoms with E-state index in [1.807, 2.05) is 13.0 Å². The molecule has 0 atom stereocenters. The van der Waals surface area contributed by atoms with E-state index >= 15 is 0 Å². The first-order chi connectivity index (χ1) is 9.93. The zero-order valence-corrected chi connectivity index (χ0v) is 11.6. The van der Waals surface area contributed by atoms with Crippen molar-refractivity contribution in [2.24, 2.45) is 0 Å². The molecule has 2 N–H and O–H groups in total. The van der Waals surface area contributed by atoms with Crippen LogP contribution >= 0.6 is 0 Å². The fourth-order valence-corrected chi connectivity index (χ4v) is 1.84. The summed E-state index contributed by atoms with van der Waals surface area (Å²) in [4.78, 5) is 27.1. The summed E-state index contributed by atoms with van der Waals surface area (Å²) in [5, 5.41) is 11.6. The minimum Gasteiger partial charge on any atom is -0.478 e. The molecule has 6 nitrogen and oxygen atoms in total. The summed E-state index contributed by atoms with van der Waals surface area (Å²) in [5.41, 5.74) is 1.45. The Labute approximate surface area is 121 Å². The third kappa shape index (κ3) is 2.84. The average molecular weight is 286 g/mol. The first-order valence-electron chi connectivity index (χ1n) is 6.16. The molecule has 0 saturated carbocycles. The zero-order chi connectivity index (χ0) is 15.6. The number of amides is 1. The van der Waals surface area contributed by atoms with Gasteiger partial charge in [0.15, 0.2) is 11.5 Å². The van der Waals surface area contributed by atoms with Crippen LogP contribution in [0.4, 0.5) is 0 Å². The molecular weight excluding hydrogens is 272 g/mol. The number of nitrogens with zero attached hydrogens (tertiary/aromatic N) is 1. The van der Waals surface area contributed by atoms with Crippen LogP contribution in [0.15, 0.2) is 35.3 Å². The number of pyridine rings is 1. The molecule has 2 rings (SSSR count). The van der Waals surface area contributed by atoms with E-state index in [4.69, 9.17) is 4.42 Å². The number of nitrogens with one attached hydrogen (secondary N) is 1. The van der Waals surface area contributed by atoms with Gasteiger partial charge in [-0.1, -0.05) is 12.6 Å². The Bertz CT molecular complexity index is 731. The summed E-state index contributed by atoms with van der Waals surface area (Å²) in [5.74, 6) is -1.76. The standard InChI is InChI=1S/C15H14N2O4/c1-8-5-4-6-11(17-8)9(2)13-10(15(19)20)7-12(21-13)14(18)16-3/h4-7H,2H2,1,3H3,(H,16,18)(H,19,20). The van der Waals surface area contributed by atoms with Crippen LogP contribution in [0.25, 0.3) is 5.57 Å². The van der Waals surface area contributed by atoms with Crippen molar-refractivity contribution >= 4 is 17.4 Å². The predicted molar refractivity (Wildman–Crippen MR) is 76.2 cm³/mol. The maximum Gasteiger partial charge on any atom is 0.339 e. The maximum absolute atomic E-state index is 11.6. The van der Waals surface area contributed by atoms with E-state index in [2.05, 4.69) is 16.9 Å². The molecule has 108 valence electrons. The first kappa shape index (κ1) is 14.5. The summed E-state index contributed by atoms with van der Waals surface area (Å²) in [6.07, 6.45) is 0. The van der Waals surface area contributed by atoms with Crippen LogP contribution in [0.3, 0.4) is 0 Å². The van der Waals surface area contributed by atoms with Crippen molar-refractivity contribution in [3.05, 3.63) is 59.3 Å². The van der Waals surface area contributed by atoms with Crippen molar-refractivity contribution in [1.29, 1.82) is 0 Å².